The van der Waals surface area contributed by atoms with Gasteiger partial charge in [-0.25, -0.2) is 4.98 Å². The summed E-state index contributed by atoms with van der Waals surface area (Å²) in [7, 11) is 0. The monoisotopic (exact) mass is 340 g/mol. The summed E-state index contributed by atoms with van der Waals surface area (Å²) >= 11 is 5.85. The fourth-order valence-electron chi connectivity index (χ4n) is 2.32. The van der Waals surface area contributed by atoms with E-state index >= 15 is 0 Å². The first-order valence-corrected chi connectivity index (χ1v) is 7.98. The lowest BCUT2D eigenvalue weighted by Gasteiger charge is -2.06. The van der Waals surface area contributed by atoms with Gasteiger partial charge in [0.1, 0.15) is 5.76 Å². The number of hydrogen-bond donors (Lipinski definition) is 1. The maximum atomic E-state index is 12.2. The molecule has 3 rings (SSSR count). The Hall–Kier alpha value is -2.59. The molecule has 0 unspecified atom stereocenters. The molecule has 0 fully saturated rings. The molecule has 2 aromatic carbocycles. The van der Waals surface area contributed by atoms with E-state index in [-0.39, 0.29) is 5.91 Å². The van der Waals surface area contributed by atoms with Gasteiger partial charge in [0.15, 0.2) is 0 Å². The van der Waals surface area contributed by atoms with Gasteiger partial charge in [0.25, 0.3) is 0 Å². The Morgan fingerprint density at radius 1 is 1.17 bits per heavy atom. The summed E-state index contributed by atoms with van der Waals surface area (Å²) in [5, 5.41) is 3.55. The Labute approximate surface area is 145 Å². The lowest BCUT2D eigenvalue weighted by Crippen LogP contribution is -2.14. The van der Waals surface area contributed by atoms with Gasteiger partial charge in [0.2, 0.25) is 11.8 Å². The zero-order valence-electron chi connectivity index (χ0n) is 13.5. The van der Waals surface area contributed by atoms with E-state index in [2.05, 4.69) is 10.3 Å². The van der Waals surface area contributed by atoms with Crippen molar-refractivity contribution in [3.8, 4) is 11.5 Å². The quantitative estimate of drug-likeness (QED) is 0.742. The van der Waals surface area contributed by atoms with Gasteiger partial charge in [-0.15, -0.1) is 0 Å². The molecule has 0 aliphatic heterocycles. The van der Waals surface area contributed by atoms with Gasteiger partial charge in [-0.1, -0.05) is 29.8 Å². The van der Waals surface area contributed by atoms with E-state index in [4.69, 9.17) is 16.0 Å². The molecule has 3 aromatic rings. The number of nitrogens with zero attached hydrogens (tertiary/aromatic N) is 1. The predicted molar refractivity (Wildman–Crippen MR) is 95.2 cm³/mol. The summed E-state index contributed by atoms with van der Waals surface area (Å²) < 4.78 is 5.63. The second-order valence-electron chi connectivity index (χ2n) is 5.59. The van der Waals surface area contributed by atoms with E-state index in [0.29, 0.717) is 23.0 Å². The van der Waals surface area contributed by atoms with E-state index in [1.807, 2.05) is 50.2 Å². The van der Waals surface area contributed by atoms with Crippen LogP contribution in [0.5, 0.6) is 0 Å². The molecular weight excluding hydrogens is 324 g/mol. The summed E-state index contributed by atoms with van der Waals surface area (Å²) in [5.74, 6) is 1.26. The Balaban J connectivity index is 1.72. The average molecular weight is 341 g/mol. The molecule has 0 aliphatic carbocycles. The van der Waals surface area contributed by atoms with Crippen molar-refractivity contribution in [1.29, 1.82) is 0 Å². The number of anilines is 1. The molecule has 0 saturated heterocycles. The molecule has 0 aliphatic rings. The van der Waals surface area contributed by atoms with Crippen LogP contribution in [0.15, 0.2) is 52.9 Å². The molecule has 0 bridgehead atoms. The highest BCUT2D eigenvalue weighted by Gasteiger charge is 2.10. The number of aryl methyl sites for hydroxylation is 2. The van der Waals surface area contributed by atoms with Crippen LogP contribution in [0, 0.1) is 13.8 Å². The number of carbonyl (C=O) groups excluding carboxylic acids is 1. The third-order valence-electron chi connectivity index (χ3n) is 3.70. The molecule has 1 N–H and O–H groups in total. The first kappa shape index (κ1) is 16.3. The van der Waals surface area contributed by atoms with Gasteiger partial charge < -0.3 is 9.73 Å². The second-order valence-corrected chi connectivity index (χ2v) is 6.03. The molecule has 0 atom stereocenters. The minimum absolute atomic E-state index is 0.0887. The first-order chi connectivity index (χ1) is 11.5. The van der Waals surface area contributed by atoms with Gasteiger partial charge >= 0.3 is 0 Å². The number of benzene rings is 2. The molecule has 0 spiro atoms. The minimum atomic E-state index is -0.0887. The van der Waals surface area contributed by atoms with Gasteiger partial charge in [-0.05, 0) is 49.7 Å². The van der Waals surface area contributed by atoms with Crippen molar-refractivity contribution in [3.05, 3.63) is 70.6 Å². The minimum Gasteiger partial charge on any atom is -0.441 e. The largest absolute Gasteiger partial charge is 0.441 e. The molecular formula is C19H17ClN2O2. The summed E-state index contributed by atoms with van der Waals surface area (Å²) in [6, 6.07) is 14.7. The number of hydrogen-bond acceptors (Lipinski definition) is 3. The van der Waals surface area contributed by atoms with Crippen molar-refractivity contribution >= 4 is 23.2 Å². The third kappa shape index (κ3) is 3.84. The first-order valence-electron chi connectivity index (χ1n) is 7.60. The van der Waals surface area contributed by atoms with Crippen molar-refractivity contribution in [2.75, 3.05) is 5.32 Å². The second kappa shape index (κ2) is 6.89. The zero-order valence-corrected chi connectivity index (χ0v) is 14.2. The molecule has 122 valence electrons. The molecule has 0 saturated carbocycles. The molecule has 1 amide bonds. The van der Waals surface area contributed by atoms with Crippen molar-refractivity contribution in [1.82, 2.24) is 4.98 Å². The number of halogens is 1. The fraction of sp³-hybridized carbons (Fsp3) is 0.158. The molecule has 1 aromatic heterocycles. The van der Waals surface area contributed by atoms with E-state index in [1.54, 1.807) is 12.1 Å². The maximum absolute atomic E-state index is 12.2. The Morgan fingerprint density at radius 3 is 2.58 bits per heavy atom. The number of amides is 1. The Kier molecular flexibility index (Phi) is 4.67. The van der Waals surface area contributed by atoms with Gasteiger partial charge in [0.05, 0.1) is 12.1 Å². The molecule has 5 heteroatoms. The Morgan fingerprint density at radius 2 is 1.92 bits per heavy atom. The van der Waals surface area contributed by atoms with Crippen LogP contribution in [0.25, 0.3) is 11.5 Å². The van der Waals surface area contributed by atoms with Crippen LogP contribution >= 0.6 is 11.6 Å². The van der Waals surface area contributed by atoms with Crippen LogP contribution in [-0.2, 0) is 11.2 Å². The molecule has 0 radical (unpaired) electrons. The topological polar surface area (TPSA) is 55.1 Å². The van der Waals surface area contributed by atoms with E-state index in [9.17, 15) is 4.79 Å². The summed E-state index contributed by atoms with van der Waals surface area (Å²) in [4.78, 5) is 16.6. The summed E-state index contributed by atoms with van der Waals surface area (Å²) in [6.07, 6.45) is 0.290. The highest BCUT2D eigenvalue weighted by atomic mass is 35.5. The highest BCUT2D eigenvalue weighted by Crippen LogP contribution is 2.24. The van der Waals surface area contributed by atoms with Crippen LogP contribution in [0.3, 0.4) is 0 Å². The summed E-state index contributed by atoms with van der Waals surface area (Å²) in [6.45, 7) is 3.78. The number of carbonyl (C=O) groups is 1. The van der Waals surface area contributed by atoms with Gasteiger partial charge in [-0.2, -0.15) is 0 Å². The smallest absolute Gasteiger partial charge is 0.228 e. The van der Waals surface area contributed by atoms with E-state index in [0.717, 1.165) is 22.6 Å². The lowest BCUT2D eigenvalue weighted by molar-refractivity contribution is -0.115. The SMILES string of the molecule is Cc1nc(-c2cccc(NC(=O)Cc3ccc(Cl)cc3)c2)oc1C. The predicted octanol–water partition coefficient (Wildman–Crippen LogP) is 4.79. The van der Waals surface area contributed by atoms with Crippen molar-refractivity contribution in [2.24, 2.45) is 0 Å². The maximum Gasteiger partial charge on any atom is 0.228 e. The van der Waals surface area contributed by atoms with Crippen LogP contribution in [0.1, 0.15) is 17.0 Å². The van der Waals surface area contributed by atoms with Crippen LogP contribution in [-0.4, -0.2) is 10.9 Å². The van der Waals surface area contributed by atoms with Gasteiger partial charge in [0, 0.05) is 16.3 Å². The van der Waals surface area contributed by atoms with Crippen LogP contribution in [0.4, 0.5) is 5.69 Å². The van der Waals surface area contributed by atoms with Crippen LogP contribution in [0.2, 0.25) is 5.02 Å². The lowest BCUT2D eigenvalue weighted by atomic mass is 10.1. The highest BCUT2D eigenvalue weighted by molar-refractivity contribution is 6.30. The molecule has 24 heavy (non-hydrogen) atoms. The van der Waals surface area contributed by atoms with Crippen molar-refractivity contribution < 1.29 is 9.21 Å². The number of oxazole rings is 1. The standard InChI is InChI=1S/C19H17ClN2O2/c1-12-13(2)24-19(21-12)15-4-3-5-17(11-15)22-18(23)10-14-6-8-16(20)9-7-14/h3-9,11H,10H2,1-2H3,(H,22,23). The number of rotatable bonds is 4. The Bertz CT molecular complexity index is 850. The van der Waals surface area contributed by atoms with E-state index < -0.39 is 0 Å². The van der Waals surface area contributed by atoms with Crippen molar-refractivity contribution in [3.63, 3.8) is 0 Å². The van der Waals surface area contributed by atoms with Gasteiger partial charge in [-0.3, -0.25) is 4.79 Å². The summed E-state index contributed by atoms with van der Waals surface area (Å²) in [5.41, 5.74) is 3.31. The zero-order chi connectivity index (χ0) is 17.1. The van der Waals surface area contributed by atoms with Crippen molar-refractivity contribution in [2.45, 2.75) is 20.3 Å². The molecule has 1 heterocycles. The van der Waals surface area contributed by atoms with Crippen LogP contribution < -0.4 is 5.32 Å². The third-order valence-corrected chi connectivity index (χ3v) is 3.95. The number of aromatic nitrogens is 1. The normalized spacial score (nSPS) is 10.6. The number of nitrogens with one attached hydrogen (secondary N) is 1. The average Bonchev–Trinajstić information content (AvgIpc) is 2.89. The fourth-order valence-corrected chi connectivity index (χ4v) is 2.45. The van der Waals surface area contributed by atoms with E-state index in [1.165, 1.54) is 0 Å². The molecule has 4 nitrogen and oxygen atoms in total.